The number of hydrogen-bond acceptors (Lipinski definition) is 4. The lowest BCUT2D eigenvalue weighted by Gasteiger charge is -2.35. The number of nitrogens with two attached hydrogens (primary N) is 1. The zero-order chi connectivity index (χ0) is 15.5. The molecular weight excluding hydrogens is 258 g/mol. The van der Waals surface area contributed by atoms with Gasteiger partial charge >= 0.3 is 6.09 Å². The van der Waals surface area contributed by atoms with E-state index in [0.29, 0.717) is 6.42 Å². The summed E-state index contributed by atoms with van der Waals surface area (Å²) in [6.45, 7) is 5.43. The van der Waals surface area contributed by atoms with Crippen LogP contribution in [-0.4, -0.2) is 48.7 Å². The number of hydrogen-bond donors (Lipinski definition) is 2. The second-order valence-electron chi connectivity index (χ2n) is 6.66. The molecule has 0 aromatic carbocycles. The van der Waals surface area contributed by atoms with Crippen molar-refractivity contribution < 1.29 is 14.3 Å². The zero-order valence-electron chi connectivity index (χ0n) is 13.1. The monoisotopic (exact) mass is 285 g/mol. The van der Waals surface area contributed by atoms with Crippen molar-refractivity contribution in [2.75, 3.05) is 14.1 Å². The van der Waals surface area contributed by atoms with Crippen molar-refractivity contribution in [1.82, 2.24) is 10.2 Å². The molecule has 1 aliphatic rings. The minimum absolute atomic E-state index is 0.0789. The van der Waals surface area contributed by atoms with Gasteiger partial charge in [-0.15, -0.1) is 0 Å². The van der Waals surface area contributed by atoms with Gasteiger partial charge < -0.3 is 20.7 Å². The molecule has 20 heavy (non-hydrogen) atoms. The second kappa shape index (κ2) is 6.43. The lowest BCUT2D eigenvalue weighted by molar-refractivity contribution is -0.134. The van der Waals surface area contributed by atoms with Crippen molar-refractivity contribution in [2.45, 2.75) is 57.7 Å². The standard InChI is InChI=1S/C14H27N3O3/c1-14(2,3)20-13(19)16-11-8-9(6-7-10(11)15)12(18)17(4)5/h9-11H,6-8,15H2,1-5H3,(H,16,19)/t9?,10-,11?/m0/s1. The van der Waals surface area contributed by atoms with E-state index in [4.69, 9.17) is 10.5 Å². The third-order valence-corrected chi connectivity index (χ3v) is 3.40. The number of alkyl carbamates (subject to hydrolysis) is 1. The van der Waals surface area contributed by atoms with Gasteiger partial charge in [-0.05, 0) is 40.0 Å². The van der Waals surface area contributed by atoms with Crippen molar-refractivity contribution in [1.29, 1.82) is 0 Å². The first-order chi connectivity index (χ1) is 9.10. The molecule has 1 saturated carbocycles. The molecular formula is C14H27N3O3. The molecule has 0 aromatic heterocycles. The average Bonchev–Trinajstić information content (AvgIpc) is 2.28. The van der Waals surface area contributed by atoms with E-state index in [2.05, 4.69) is 5.32 Å². The molecule has 6 nitrogen and oxygen atoms in total. The molecule has 1 rings (SSSR count). The Labute approximate surface area is 121 Å². The molecule has 0 saturated heterocycles. The first kappa shape index (κ1) is 16.8. The second-order valence-corrected chi connectivity index (χ2v) is 6.66. The van der Waals surface area contributed by atoms with Gasteiger partial charge in [0.05, 0.1) is 0 Å². The van der Waals surface area contributed by atoms with Gasteiger partial charge in [0.25, 0.3) is 0 Å². The SMILES string of the molecule is CN(C)C(=O)C1CC[C@H](N)C(NC(=O)OC(C)(C)C)C1. The number of rotatable bonds is 2. The molecule has 1 aliphatic carbocycles. The maximum absolute atomic E-state index is 12.0. The van der Waals surface area contributed by atoms with Crippen molar-refractivity contribution in [3.05, 3.63) is 0 Å². The van der Waals surface area contributed by atoms with E-state index >= 15 is 0 Å². The summed E-state index contributed by atoms with van der Waals surface area (Å²) in [5, 5.41) is 2.79. The molecule has 0 spiro atoms. The molecule has 3 N–H and O–H groups in total. The van der Waals surface area contributed by atoms with Crippen LogP contribution in [0.2, 0.25) is 0 Å². The summed E-state index contributed by atoms with van der Waals surface area (Å²) < 4.78 is 5.23. The molecule has 0 heterocycles. The number of nitrogens with one attached hydrogen (secondary N) is 1. The van der Waals surface area contributed by atoms with Crippen LogP contribution in [0.25, 0.3) is 0 Å². The largest absolute Gasteiger partial charge is 0.444 e. The molecule has 0 aliphatic heterocycles. The average molecular weight is 285 g/mol. The Morgan fingerprint density at radius 2 is 1.85 bits per heavy atom. The van der Waals surface area contributed by atoms with Gasteiger partial charge in [-0.2, -0.15) is 0 Å². The Morgan fingerprint density at radius 1 is 1.25 bits per heavy atom. The van der Waals surface area contributed by atoms with E-state index < -0.39 is 11.7 Å². The highest BCUT2D eigenvalue weighted by atomic mass is 16.6. The van der Waals surface area contributed by atoms with Gasteiger partial charge in [0.2, 0.25) is 5.91 Å². The van der Waals surface area contributed by atoms with E-state index in [0.717, 1.165) is 12.8 Å². The van der Waals surface area contributed by atoms with Crippen LogP contribution in [0.5, 0.6) is 0 Å². The van der Waals surface area contributed by atoms with Crippen LogP contribution in [0.3, 0.4) is 0 Å². The van der Waals surface area contributed by atoms with Crippen LogP contribution < -0.4 is 11.1 Å². The van der Waals surface area contributed by atoms with Crippen molar-refractivity contribution >= 4 is 12.0 Å². The first-order valence-corrected chi connectivity index (χ1v) is 7.06. The Hall–Kier alpha value is -1.30. The highest BCUT2D eigenvalue weighted by Gasteiger charge is 2.34. The molecule has 6 heteroatoms. The van der Waals surface area contributed by atoms with E-state index in [1.165, 1.54) is 0 Å². The van der Waals surface area contributed by atoms with E-state index in [-0.39, 0.29) is 23.9 Å². The summed E-state index contributed by atoms with van der Waals surface area (Å²) in [6, 6.07) is -0.346. The predicted octanol–water partition coefficient (Wildman–Crippen LogP) is 1.10. The van der Waals surface area contributed by atoms with Crippen molar-refractivity contribution in [3.8, 4) is 0 Å². The summed E-state index contributed by atoms with van der Waals surface area (Å²) in [5.74, 6) is 0.0117. The number of ether oxygens (including phenoxy) is 1. The van der Waals surface area contributed by atoms with Gasteiger partial charge in [-0.3, -0.25) is 4.79 Å². The quantitative estimate of drug-likeness (QED) is 0.795. The van der Waals surface area contributed by atoms with Gasteiger partial charge in [-0.25, -0.2) is 4.79 Å². The summed E-state index contributed by atoms with van der Waals surface area (Å²) in [6.07, 6.45) is 1.59. The highest BCUT2D eigenvalue weighted by molar-refractivity contribution is 5.78. The molecule has 116 valence electrons. The van der Waals surface area contributed by atoms with Crippen LogP contribution in [0.15, 0.2) is 0 Å². The third-order valence-electron chi connectivity index (χ3n) is 3.40. The fourth-order valence-electron chi connectivity index (χ4n) is 2.41. The van der Waals surface area contributed by atoms with Crippen molar-refractivity contribution in [3.63, 3.8) is 0 Å². The Morgan fingerprint density at radius 3 is 2.35 bits per heavy atom. The first-order valence-electron chi connectivity index (χ1n) is 7.06. The number of carbonyl (C=O) groups excluding carboxylic acids is 2. The molecule has 2 unspecified atom stereocenters. The Bertz CT molecular complexity index is 363. The van der Waals surface area contributed by atoms with Gasteiger partial charge in [-0.1, -0.05) is 0 Å². The minimum Gasteiger partial charge on any atom is -0.444 e. The Kier molecular flexibility index (Phi) is 5.39. The fourth-order valence-corrected chi connectivity index (χ4v) is 2.41. The summed E-state index contributed by atoms with van der Waals surface area (Å²) >= 11 is 0. The topological polar surface area (TPSA) is 84.7 Å². The fraction of sp³-hybridized carbons (Fsp3) is 0.857. The lowest BCUT2D eigenvalue weighted by atomic mass is 9.82. The number of amides is 2. The maximum atomic E-state index is 12.0. The van der Waals surface area contributed by atoms with Gasteiger partial charge in [0, 0.05) is 32.1 Å². The van der Waals surface area contributed by atoms with Crippen LogP contribution in [-0.2, 0) is 9.53 Å². The van der Waals surface area contributed by atoms with E-state index in [9.17, 15) is 9.59 Å². The summed E-state index contributed by atoms with van der Waals surface area (Å²) in [7, 11) is 3.49. The van der Waals surface area contributed by atoms with E-state index in [1.807, 2.05) is 20.8 Å². The predicted molar refractivity (Wildman–Crippen MR) is 77.2 cm³/mol. The summed E-state index contributed by atoms with van der Waals surface area (Å²) in [5.41, 5.74) is 5.49. The molecule has 0 aromatic rings. The number of carbonyl (C=O) groups is 2. The highest BCUT2D eigenvalue weighted by Crippen LogP contribution is 2.25. The van der Waals surface area contributed by atoms with Crippen molar-refractivity contribution in [2.24, 2.45) is 11.7 Å². The third kappa shape index (κ3) is 5.00. The van der Waals surface area contributed by atoms with Crippen LogP contribution >= 0.6 is 0 Å². The van der Waals surface area contributed by atoms with Crippen LogP contribution in [0, 0.1) is 5.92 Å². The molecule has 1 fully saturated rings. The van der Waals surface area contributed by atoms with Crippen LogP contribution in [0.4, 0.5) is 4.79 Å². The van der Waals surface area contributed by atoms with Crippen LogP contribution in [0.1, 0.15) is 40.0 Å². The molecule has 0 radical (unpaired) electrons. The van der Waals surface area contributed by atoms with Gasteiger partial charge in [0.15, 0.2) is 0 Å². The zero-order valence-corrected chi connectivity index (χ0v) is 13.1. The Balaban J connectivity index is 2.59. The molecule has 3 atom stereocenters. The number of nitrogens with zero attached hydrogens (tertiary/aromatic N) is 1. The smallest absolute Gasteiger partial charge is 0.407 e. The molecule has 0 bridgehead atoms. The van der Waals surface area contributed by atoms with E-state index in [1.54, 1.807) is 19.0 Å². The maximum Gasteiger partial charge on any atom is 0.407 e. The lowest BCUT2D eigenvalue weighted by Crippen LogP contribution is -2.53. The molecule has 2 amide bonds. The minimum atomic E-state index is -0.540. The summed E-state index contributed by atoms with van der Waals surface area (Å²) in [4.78, 5) is 25.4. The van der Waals surface area contributed by atoms with Gasteiger partial charge in [0.1, 0.15) is 5.60 Å². The normalized spacial score (nSPS) is 26.8.